The molecule has 0 aliphatic carbocycles. The van der Waals surface area contributed by atoms with Crippen molar-refractivity contribution in [2.75, 3.05) is 11.1 Å². The number of anilines is 1. The fraction of sp³-hybridized carbons (Fsp3) is 0.125. The smallest absolute Gasteiger partial charge is 0.263 e. The van der Waals surface area contributed by atoms with Gasteiger partial charge in [0.1, 0.15) is 0 Å². The molecule has 1 N–H and O–H groups in total. The number of nitrogens with one attached hydrogen (secondary N) is 1. The number of hydrogen-bond acceptors (Lipinski definition) is 5. The fourth-order valence-corrected chi connectivity index (χ4v) is 2.73. The van der Waals surface area contributed by atoms with Crippen LogP contribution < -0.4 is 5.32 Å². The normalized spacial score (nSPS) is 10.8. The van der Waals surface area contributed by atoms with Gasteiger partial charge in [-0.15, -0.1) is 5.10 Å². The van der Waals surface area contributed by atoms with Crippen LogP contribution in [-0.4, -0.2) is 31.9 Å². The Morgan fingerprint density at radius 2 is 1.84 bits per heavy atom. The Kier molecular flexibility index (Phi) is 5.34. The molecule has 0 radical (unpaired) electrons. The zero-order valence-electron chi connectivity index (χ0n) is 12.8. The molecule has 2 aromatic carbocycles. The second-order valence-electron chi connectivity index (χ2n) is 4.97. The number of hydrogen-bond donors (Lipinski definition) is 1. The molecular weight excluding hydrogens is 348 g/mol. The summed E-state index contributed by atoms with van der Waals surface area (Å²) in [5.41, 5.74) is 1.16. The lowest BCUT2D eigenvalue weighted by Gasteiger charge is -2.06. The average molecular weight is 361 g/mol. The third-order valence-electron chi connectivity index (χ3n) is 3.22. The first kappa shape index (κ1) is 17.0. The molecule has 0 bridgehead atoms. The predicted molar refractivity (Wildman–Crippen MR) is 89.9 cm³/mol. The van der Waals surface area contributed by atoms with Gasteiger partial charge in [-0.3, -0.25) is 4.79 Å². The Bertz CT molecular complexity index is 839. The average Bonchev–Trinajstić information content (AvgIpc) is 3.10. The van der Waals surface area contributed by atoms with Crippen LogP contribution in [0.1, 0.15) is 12.0 Å². The highest BCUT2D eigenvalue weighted by Crippen LogP contribution is 2.21. The van der Waals surface area contributed by atoms with E-state index in [-0.39, 0.29) is 17.2 Å². The zero-order chi connectivity index (χ0) is 17.6. The first-order valence-corrected chi connectivity index (χ1v) is 8.26. The molecular formula is C16H13F2N5OS. The fourth-order valence-electron chi connectivity index (χ4n) is 2.04. The number of carbonyl (C=O) groups is 1. The number of nitrogens with zero attached hydrogens (tertiary/aromatic N) is 4. The lowest BCUT2D eigenvalue weighted by molar-refractivity contribution is -0.113. The van der Waals surface area contributed by atoms with Crippen LogP contribution in [0.15, 0.2) is 59.8 Å². The molecule has 9 heteroatoms. The van der Waals surface area contributed by atoms with Crippen LogP contribution in [0.25, 0.3) is 5.69 Å². The molecule has 6 nitrogen and oxygen atoms in total. The van der Waals surface area contributed by atoms with Crippen LogP contribution in [0.3, 0.4) is 0 Å². The third-order valence-corrected chi connectivity index (χ3v) is 4.14. The number of benzene rings is 2. The molecule has 1 aromatic heterocycles. The molecule has 1 heterocycles. The van der Waals surface area contributed by atoms with E-state index in [2.05, 4.69) is 20.8 Å². The van der Waals surface area contributed by atoms with E-state index in [0.717, 1.165) is 5.69 Å². The van der Waals surface area contributed by atoms with Gasteiger partial charge < -0.3 is 5.32 Å². The largest absolute Gasteiger partial charge is 0.325 e. The molecule has 1 amide bonds. The van der Waals surface area contributed by atoms with Crippen LogP contribution in [0.2, 0.25) is 0 Å². The lowest BCUT2D eigenvalue weighted by atomic mass is 10.2. The second-order valence-corrected chi connectivity index (χ2v) is 5.91. The van der Waals surface area contributed by atoms with E-state index >= 15 is 0 Å². The van der Waals surface area contributed by atoms with Gasteiger partial charge in [0.05, 0.1) is 11.4 Å². The molecule has 0 saturated heterocycles. The summed E-state index contributed by atoms with van der Waals surface area (Å²) >= 11 is 1.18. The number of para-hydroxylation sites is 1. The Balaban J connectivity index is 1.59. The minimum absolute atomic E-state index is 0.0871. The van der Waals surface area contributed by atoms with Crippen molar-refractivity contribution in [2.24, 2.45) is 0 Å². The van der Waals surface area contributed by atoms with Gasteiger partial charge in [-0.2, -0.15) is 4.68 Å². The van der Waals surface area contributed by atoms with Crippen LogP contribution in [-0.2, 0) is 4.79 Å². The molecule has 128 valence electrons. The summed E-state index contributed by atoms with van der Waals surface area (Å²) < 4.78 is 26.5. The highest BCUT2D eigenvalue weighted by molar-refractivity contribution is 7.99. The van der Waals surface area contributed by atoms with Crippen molar-refractivity contribution in [1.82, 2.24) is 20.2 Å². The van der Waals surface area contributed by atoms with E-state index in [1.165, 1.54) is 40.7 Å². The van der Waals surface area contributed by atoms with Gasteiger partial charge in [0, 0.05) is 11.3 Å². The van der Waals surface area contributed by atoms with Gasteiger partial charge in [0.2, 0.25) is 11.1 Å². The van der Waals surface area contributed by atoms with Gasteiger partial charge in [-0.1, -0.05) is 42.1 Å². The van der Waals surface area contributed by atoms with Crippen LogP contribution in [0.4, 0.5) is 14.5 Å². The Labute approximate surface area is 146 Å². The Morgan fingerprint density at radius 1 is 1.12 bits per heavy atom. The summed E-state index contributed by atoms with van der Waals surface area (Å²) in [6, 6.07) is 14.8. The van der Waals surface area contributed by atoms with Gasteiger partial charge in [-0.05, 0) is 34.7 Å². The molecule has 0 saturated carbocycles. The number of rotatable bonds is 6. The number of halogens is 2. The van der Waals surface area contributed by atoms with Gasteiger partial charge in [0.15, 0.2) is 0 Å². The Morgan fingerprint density at radius 3 is 2.52 bits per heavy atom. The predicted octanol–water partition coefficient (Wildman–Crippen LogP) is 3.33. The molecule has 0 fully saturated rings. The summed E-state index contributed by atoms with van der Waals surface area (Å²) in [5.74, 6) is -0.193. The van der Waals surface area contributed by atoms with Crippen LogP contribution >= 0.6 is 11.8 Å². The third kappa shape index (κ3) is 4.38. The molecule has 0 atom stereocenters. The topological polar surface area (TPSA) is 72.7 Å². The summed E-state index contributed by atoms with van der Waals surface area (Å²) in [6.45, 7) is 0. The van der Waals surface area contributed by atoms with Gasteiger partial charge in [-0.25, -0.2) is 8.78 Å². The minimum atomic E-state index is -2.53. The number of alkyl halides is 2. The molecule has 3 rings (SSSR count). The van der Waals surface area contributed by atoms with Crippen molar-refractivity contribution in [3.63, 3.8) is 0 Å². The van der Waals surface area contributed by atoms with Crippen molar-refractivity contribution in [2.45, 2.75) is 11.6 Å². The second kappa shape index (κ2) is 7.84. The van der Waals surface area contributed by atoms with E-state index in [9.17, 15) is 13.6 Å². The van der Waals surface area contributed by atoms with Crippen LogP contribution in [0.5, 0.6) is 0 Å². The van der Waals surface area contributed by atoms with E-state index in [1.54, 1.807) is 0 Å². The first-order valence-electron chi connectivity index (χ1n) is 7.28. The van der Waals surface area contributed by atoms with Crippen molar-refractivity contribution in [3.8, 4) is 5.69 Å². The number of carbonyl (C=O) groups excluding carboxylic acids is 1. The number of aromatic nitrogens is 4. The molecule has 0 aliphatic rings. The molecule has 0 aliphatic heterocycles. The van der Waals surface area contributed by atoms with Crippen molar-refractivity contribution < 1.29 is 13.6 Å². The molecule has 0 spiro atoms. The molecule has 3 aromatic rings. The summed E-state index contributed by atoms with van der Waals surface area (Å²) in [7, 11) is 0. The van der Waals surface area contributed by atoms with Crippen molar-refractivity contribution in [3.05, 3.63) is 60.2 Å². The SMILES string of the molecule is O=C(CSc1nnnn1-c1ccccc1)Nc1ccc(C(F)F)cc1. The number of thioether (sulfide) groups is 1. The zero-order valence-corrected chi connectivity index (χ0v) is 13.7. The maximum atomic E-state index is 12.5. The minimum Gasteiger partial charge on any atom is -0.325 e. The summed E-state index contributed by atoms with van der Waals surface area (Å²) in [4.78, 5) is 12.0. The maximum Gasteiger partial charge on any atom is 0.263 e. The van der Waals surface area contributed by atoms with Crippen molar-refractivity contribution >= 4 is 23.4 Å². The van der Waals surface area contributed by atoms with Crippen LogP contribution in [0, 0.1) is 0 Å². The Hall–Kier alpha value is -2.81. The summed E-state index contributed by atoms with van der Waals surface area (Å²) in [6.07, 6.45) is -2.53. The maximum absolute atomic E-state index is 12.5. The van der Waals surface area contributed by atoms with E-state index < -0.39 is 6.43 Å². The quantitative estimate of drug-likeness (QED) is 0.682. The number of amides is 1. The van der Waals surface area contributed by atoms with Crippen molar-refractivity contribution in [1.29, 1.82) is 0 Å². The first-order chi connectivity index (χ1) is 12.1. The van der Waals surface area contributed by atoms with E-state index in [4.69, 9.17) is 0 Å². The van der Waals surface area contributed by atoms with E-state index in [1.807, 2.05) is 30.3 Å². The lowest BCUT2D eigenvalue weighted by Crippen LogP contribution is -2.14. The molecule has 0 unspecified atom stereocenters. The summed E-state index contributed by atoms with van der Waals surface area (Å²) in [5, 5.41) is 14.6. The number of tetrazole rings is 1. The van der Waals surface area contributed by atoms with Gasteiger partial charge >= 0.3 is 0 Å². The van der Waals surface area contributed by atoms with Gasteiger partial charge in [0.25, 0.3) is 6.43 Å². The molecule has 25 heavy (non-hydrogen) atoms. The highest BCUT2D eigenvalue weighted by Gasteiger charge is 2.12. The van der Waals surface area contributed by atoms with E-state index in [0.29, 0.717) is 10.8 Å². The highest BCUT2D eigenvalue weighted by atomic mass is 32.2. The standard InChI is InChI=1S/C16H13F2N5OS/c17-15(18)11-6-8-12(9-7-11)19-14(24)10-25-16-20-21-22-23(16)13-4-2-1-3-5-13/h1-9,15H,10H2,(H,19,24). The monoisotopic (exact) mass is 361 g/mol.